The normalized spacial score (nSPS) is 13.5. The molecule has 1 amide bonds. The lowest BCUT2D eigenvalue weighted by molar-refractivity contribution is 0.102. The maximum atomic E-state index is 12.2. The Bertz CT molecular complexity index is 742. The van der Waals surface area contributed by atoms with Crippen LogP contribution in [-0.4, -0.2) is 24.8 Å². The van der Waals surface area contributed by atoms with Gasteiger partial charge in [-0.25, -0.2) is 0 Å². The second-order valence-corrected chi connectivity index (χ2v) is 5.66. The molecule has 0 fully saturated rings. The number of hydrogen-bond donors (Lipinski definition) is 2. The van der Waals surface area contributed by atoms with E-state index in [9.17, 15) is 4.79 Å². The number of carbonyl (C=O) groups is 1. The molecule has 0 atom stereocenters. The summed E-state index contributed by atoms with van der Waals surface area (Å²) in [5.74, 6) is 0.590. The van der Waals surface area contributed by atoms with Crippen LogP contribution in [0.15, 0.2) is 47.5 Å². The Morgan fingerprint density at radius 1 is 1.14 bits per heavy atom. The second kappa shape index (κ2) is 6.38. The standard InChI is InChI=1S/C16H13Cl2N3O/c17-11-3-6-14(18)13(9-11)16(22)21-12-4-1-10(2-5-12)15-19-7-8-20-15/h1-6,9H,7-8H2,(H,19,20)(H,21,22). The predicted octanol–water partition coefficient (Wildman–Crippen LogP) is 3.60. The molecule has 0 radical (unpaired) electrons. The van der Waals surface area contributed by atoms with Crippen molar-refractivity contribution >= 4 is 40.6 Å². The molecule has 0 aliphatic carbocycles. The van der Waals surface area contributed by atoms with Crippen LogP contribution in [0.4, 0.5) is 5.69 Å². The van der Waals surface area contributed by atoms with E-state index in [0.29, 0.717) is 21.3 Å². The second-order valence-electron chi connectivity index (χ2n) is 4.81. The number of halogens is 2. The maximum absolute atomic E-state index is 12.2. The van der Waals surface area contributed by atoms with Gasteiger partial charge in [0.2, 0.25) is 0 Å². The average Bonchev–Trinajstić information content (AvgIpc) is 3.05. The average molecular weight is 334 g/mol. The SMILES string of the molecule is O=C(Nc1ccc(C2=NCCN2)cc1)c1cc(Cl)ccc1Cl. The molecule has 1 heterocycles. The summed E-state index contributed by atoms with van der Waals surface area (Å²) in [4.78, 5) is 16.6. The topological polar surface area (TPSA) is 53.5 Å². The molecule has 0 bridgehead atoms. The number of amidine groups is 1. The van der Waals surface area contributed by atoms with E-state index in [4.69, 9.17) is 23.2 Å². The van der Waals surface area contributed by atoms with Gasteiger partial charge in [-0.15, -0.1) is 0 Å². The van der Waals surface area contributed by atoms with E-state index in [1.807, 2.05) is 24.3 Å². The molecule has 0 unspecified atom stereocenters. The Balaban J connectivity index is 1.75. The minimum absolute atomic E-state index is 0.295. The van der Waals surface area contributed by atoms with Gasteiger partial charge in [-0.2, -0.15) is 0 Å². The predicted molar refractivity (Wildman–Crippen MR) is 90.3 cm³/mol. The molecule has 4 nitrogen and oxygen atoms in total. The number of rotatable bonds is 3. The molecule has 0 aromatic heterocycles. The van der Waals surface area contributed by atoms with Gasteiger partial charge in [0, 0.05) is 22.8 Å². The minimum Gasteiger partial charge on any atom is -0.368 e. The van der Waals surface area contributed by atoms with Crippen LogP contribution in [0.1, 0.15) is 15.9 Å². The van der Waals surface area contributed by atoms with Crippen molar-refractivity contribution in [3.05, 3.63) is 63.6 Å². The van der Waals surface area contributed by atoms with Crippen LogP contribution in [0.3, 0.4) is 0 Å². The molecule has 1 aliphatic rings. The summed E-state index contributed by atoms with van der Waals surface area (Å²) >= 11 is 11.9. The highest BCUT2D eigenvalue weighted by Crippen LogP contribution is 2.22. The van der Waals surface area contributed by atoms with E-state index in [1.165, 1.54) is 0 Å². The molecule has 2 aromatic carbocycles. The first kappa shape index (κ1) is 14.9. The van der Waals surface area contributed by atoms with Crippen LogP contribution < -0.4 is 10.6 Å². The third-order valence-electron chi connectivity index (χ3n) is 3.26. The van der Waals surface area contributed by atoms with Crippen LogP contribution in [0.2, 0.25) is 10.0 Å². The fourth-order valence-corrected chi connectivity index (χ4v) is 2.55. The van der Waals surface area contributed by atoms with Crippen molar-refractivity contribution in [3.8, 4) is 0 Å². The largest absolute Gasteiger partial charge is 0.368 e. The molecule has 0 saturated heterocycles. The summed E-state index contributed by atoms with van der Waals surface area (Å²) in [6.07, 6.45) is 0. The summed E-state index contributed by atoms with van der Waals surface area (Å²) in [6.45, 7) is 1.65. The van der Waals surface area contributed by atoms with Crippen molar-refractivity contribution < 1.29 is 4.79 Å². The first-order valence-electron chi connectivity index (χ1n) is 6.78. The van der Waals surface area contributed by atoms with E-state index >= 15 is 0 Å². The van der Waals surface area contributed by atoms with Gasteiger partial charge < -0.3 is 10.6 Å². The summed E-state index contributed by atoms with van der Waals surface area (Å²) in [6, 6.07) is 12.3. The number of hydrogen-bond acceptors (Lipinski definition) is 3. The molecule has 6 heteroatoms. The fraction of sp³-hybridized carbons (Fsp3) is 0.125. The number of carbonyl (C=O) groups excluding carboxylic acids is 1. The fourth-order valence-electron chi connectivity index (χ4n) is 2.17. The van der Waals surface area contributed by atoms with Gasteiger partial charge in [-0.3, -0.25) is 9.79 Å². The number of benzene rings is 2. The lowest BCUT2D eigenvalue weighted by Gasteiger charge is -2.08. The van der Waals surface area contributed by atoms with Crippen molar-refractivity contribution in [2.24, 2.45) is 4.99 Å². The number of anilines is 1. The van der Waals surface area contributed by atoms with Gasteiger partial charge in [0.25, 0.3) is 5.91 Å². The highest BCUT2D eigenvalue weighted by molar-refractivity contribution is 6.36. The summed E-state index contributed by atoms with van der Waals surface area (Å²) in [5.41, 5.74) is 2.03. The minimum atomic E-state index is -0.295. The van der Waals surface area contributed by atoms with E-state index in [0.717, 1.165) is 24.5 Å². The zero-order valence-electron chi connectivity index (χ0n) is 11.6. The molecule has 2 aromatic rings. The van der Waals surface area contributed by atoms with Crippen LogP contribution in [0, 0.1) is 0 Å². The number of amides is 1. The van der Waals surface area contributed by atoms with Crippen molar-refractivity contribution in [2.75, 3.05) is 18.4 Å². The van der Waals surface area contributed by atoms with Gasteiger partial charge in [0.15, 0.2) is 0 Å². The highest BCUT2D eigenvalue weighted by Gasteiger charge is 2.12. The number of aliphatic imine (C=N–C) groups is 1. The monoisotopic (exact) mass is 333 g/mol. The molecule has 112 valence electrons. The van der Waals surface area contributed by atoms with Crippen LogP contribution >= 0.6 is 23.2 Å². The number of nitrogens with zero attached hydrogens (tertiary/aromatic N) is 1. The quantitative estimate of drug-likeness (QED) is 0.901. The van der Waals surface area contributed by atoms with Crippen molar-refractivity contribution in [3.63, 3.8) is 0 Å². The molecule has 0 spiro atoms. The van der Waals surface area contributed by atoms with Gasteiger partial charge in [-0.05, 0) is 42.5 Å². The van der Waals surface area contributed by atoms with Crippen molar-refractivity contribution in [1.82, 2.24) is 5.32 Å². The Morgan fingerprint density at radius 2 is 1.91 bits per heavy atom. The van der Waals surface area contributed by atoms with E-state index in [-0.39, 0.29) is 5.91 Å². The first-order chi connectivity index (χ1) is 10.6. The summed E-state index contributed by atoms with van der Waals surface area (Å²) < 4.78 is 0. The van der Waals surface area contributed by atoms with Gasteiger partial charge in [0.05, 0.1) is 17.1 Å². The van der Waals surface area contributed by atoms with E-state index in [1.54, 1.807) is 18.2 Å². The molecule has 22 heavy (non-hydrogen) atoms. The van der Waals surface area contributed by atoms with Crippen LogP contribution in [0.25, 0.3) is 0 Å². The zero-order chi connectivity index (χ0) is 15.5. The third kappa shape index (κ3) is 3.24. The zero-order valence-corrected chi connectivity index (χ0v) is 13.1. The summed E-state index contributed by atoms with van der Waals surface area (Å²) in [7, 11) is 0. The highest BCUT2D eigenvalue weighted by atomic mass is 35.5. The Kier molecular flexibility index (Phi) is 4.32. The maximum Gasteiger partial charge on any atom is 0.257 e. The Hall–Kier alpha value is -2.04. The molecule has 0 saturated carbocycles. The van der Waals surface area contributed by atoms with Crippen LogP contribution in [-0.2, 0) is 0 Å². The number of nitrogens with one attached hydrogen (secondary N) is 2. The molecule has 1 aliphatic heterocycles. The van der Waals surface area contributed by atoms with Gasteiger partial charge >= 0.3 is 0 Å². The summed E-state index contributed by atoms with van der Waals surface area (Å²) in [5, 5.41) is 6.84. The lowest BCUT2D eigenvalue weighted by Crippen LogP contribution is -2.19. The van der Waals surface area contributed by atoms with E-state index < -0.39 is 0 Å². The van der Waals surface area contributed by atoms with E-state index in [2.05, 4.69) is 15.6 Å². The first-order valence-corrected chi connectivity index (χ1v) is 7.54. The van der Waals surface area contributed by atoms with Crippen LogP contribution in [0.5, 0.6) is 0 Å². The molecular formula is C16H13Cl2N3O. The molecule has 2 N–H and O–H groups in total. The van der Waals surface area contributed by atoms with Gasteiger partial charge in [0.1, 0.15) is 5.84 Å². The van der Waals surface area contributed by atoms with Crippen molar-refractivity contribution in [2.45, 2.75) is 0 Å². The lowest BCUT2D eigenvalue weighted by atomic mass is 10.1. The Morgan fingerprint density at radius 3 is 2.59 bits per heavy atom. The molecular weight excluding hydrogens is 321 g/mol. The molecule has 3 rings (SSSR count). The third-order valence-corrected chi connectivity index (χ3v) is 3.83. The Labute approximate surface area is 138 Å². The smallest absolute Gasteiger partial charge is 0.257 e. The van der Waals surface area contributed by atoms with Crippen molar-refractivity contribution in [1.29, 1.82) is 0 Å². The van der Waals surface area contributed by atoms with Gasteiger partial charge in [-0.1, -0.05) is 23.2 Å².